The van der Waals surface area contributed by atoms with Gasteiger partial charge in [0.05, 0.1) is 16.8 Å². The molecule has 1 atom stereocenters. The summed E-state index contributed by atoms with van der Waals surface area (Å²) in [6.45, 7) is 8.89. The maximum atomic E-state index is 14.2. The van der Waals surface area contributed by atoms with Crippen LogP contribution in [0.3, 0.4) is 0 Å². The Morgan fingerprint density at radius 3 is 2.59 bits per heavy atom. The quantitative estimate of drug-likeness (QED) is 0.164. The van der Waals surface area contributed by atoms with Crippen LogP contribution in [0.15, 0.2) is 58.5 Å². The Morgan fingerprint density at radius 2 is 1.87 bits per heavy atom. The second kappa shape index (κ2) is 9.91. The fourth-order valence-electron chi connectivity index (χ4n) is 5.45. The monoisotopic (exact) mass is 576 g/mol. The minimum absolute atomic E-state index is 0.0182. The summed E-state index contributed by atoms with van der Waals surface area (Å²) >= 11 is 9.02. The van der Waals surface area contributed by atoms with E-state index in [2.05, 4.69) is 31.0 Å². The lowest BCUT2D eigenvalue weighted by atomic mass is 9.72. The Balaban J connectivity index is 1.52. The molecule has 0 saturated carbocycles. The Morgan fingerprint density at radius 1 is 1.13 bits per heavy atom. The predicted octanol–water partition coefficient (Wildman–Crippen LogP) is 7.18. The van der Waals surface area contributed by atoms with Crippen molar-refractivity contribution < 1.29 is 4.79 Å². The largest absolute Gasteiger partial charge is 0.293 e. The van der Waals surface area contributed by atoms with Crippen molar-refractivity contribution in [3.05, 3.63) is 85.5 Å². The second-order valence-corrected chi connectivity index (χ2v) is 13.7. The average Bonchev–Trinajstić information content (AvgIpc) is 3.49. The number of carbonyl (C=O) groups is 1. The molecule has 0 saturated heterocycles. The summed E-state index contributed by atoms with van der Waals surface area (Å²) in [5, 5.41) is 10.9. The minimum atomic E-state index is -0.0558. The Kier molecular flexibility index (Phi) is 6.68. The van der Waals surface area contributed by atoms with Crippen LogP contribution < -0.4 is 5.56 Å². The first-order valence-electron chi connectivity index (χ1n) is 13.1. The standard InChI is InChI=1S/C30H29ClN4O2S2/c1-17-7-5-6-8-22(17)34-26(37)25-21-14-11-19(30(2,3)4)15-24(21)39-27(25)35-28(34)32-33-29(35)38-16-23(36)18-9-12-20(31)13-10-18/h5-10,12-13,19H,11,14-16H2,1-4H3/t19-/m0/s1. The highest BCUT2D eigenvalue weighted by Gasteiger charge is 2.33. The van der Waals surface area contributed by atoms with Gasteiger partial charge in [-0.15, -0.1) is 21.5 Å². The van der Waals surface area contributed by atoms with E-state index in [1.807, 2.05) is 35.6 Å². The third-order valence-corrected chi connectivity index (χ3v) is 10.2. The number of ketones is 1. The highest BCUT2D eigenvalue weighted by molar-refractivity contribution is 7.99. The lowest BCUT2D eigenvalue weighted by Gasteiger charge is -2.33. The van der Waals surface area contributed by atoms with Gasteiger partial charge in [0.25, 0.3) is 5.56 Å². The van der Waals surface area contributed by atoms with E-state index in [0.717, 1.165) is 46.3 Å². The van der Waals surface area contributed by atoms with Crippen LogP contribution in [0.4, 0.5) is 0 Å². The van der Waals surface area contributed by atoms with Gasteiger partial charge in [0, 0.05) is 15.5 Å². The van der Waals surface area contributed by atoms with E-state index in [4.69, 9.17) is 11.6 Å². The number of halogens is 1. The predicted molar refractivity (Wildman–Crippen MR) is 160 cm³/mol. The van der Waals surface area contributed by atoms with E-state index in [1.165, 1.54) is 16.6 Å². The smallest absolute Gasteiger partial charge is 0.268 e. The summed E-state index contributed by atoms with van der Waals surface area (Å²) in [5.74, 6) is 1.20. The molecule has 3 aromatic heterocycles. The van der Waals surface area contributed by atoms with Crippen LogP contribution in [0, 0.1) is 18.3 Å². The molecular formula is C30H29ClN4O2S2. The number of nitrogens with zero attached hydrogens (tertiary/aromatic N) is 4. The average molecular weight is 577 g/mol. The van der Waals surface area contributed by atoms with Crippen LogP contribution in [0.1, 0.15) is 53.6 Å². The van der Waals surface area contributed by atoms with E-state index in [0.29, 0.717) is 27.4 Å². The highest BCUT2D eigenvalue weighted by atomic mass is 35.5. The molecule has 0 bridgehead atoms. The molecule has 3 heterocycles. The lowest BCUT2D eigenvalue weighted by Crippen LogP contribution is -2.27. The summed E-state index contributed by atoms with van der Waals surface area (Å²) in [6.07, 6.45) is 2.90. The fraction of sp³-hybridized carbons (Fsp3) is 0.333. The van der Waals surface area contributed by atoms with Crippen LogP contribution >= 0.6 is 34.7 Å². The molecule has 39 heavy (non-hydrogen) atoms. The van der Waals surface area contributed by atoms with E-state index in [9.17, 15) is 9.59 Å². The zero-order valence-electron chi connectivity index (χ0n) is 22.3. The summed E-state index contributed by atoms with van der Waals surface area (Å²) in [6, 6.07) is 14.8. The number of Topliss-reactive ketones (excluding diaryl/α,β-unsaturated/α-hetero) is 1. The van der Waals surface area contributed by atoms with Gasteiger partial charge < -0.3 is 0 Å². The number of carbonyl (C=O) groups excluding carboxylic acids is 1. The number of rotatable bonds is 5. The van der Waals surface area contributed by atoms with Gasteiger partial charge in [-0.25, -0.2) is 8.97 Å². The number of aromatic nitrogens is 4. The van der Waals surface area contributed by atoms with Crippen LogP contribution in [0.5, 0.6) is 0 Å². The zero-order chi connectivity index (χ0) is 27.5. The van der Waals surface area contributed by atoms with Gasteiger partial charge in [-0.3, -0.25) is 9.59 Å². The number of benzene rings is 2. The maximum Gasteiger partial charge on any atom is 0.268 e. The number of para-hydroxylation sites is 1. The highest BCUT2D eigenvalue weighted by Crippen LogP contribution is 2.43. The first-order valence-corrected chi connectivity index (χ1v) is 15.2. The number of fused-ring (bicyclic) bond motifs is 5. The van der Waals surface area contributed by atoms with Crippen molar-refractivity contribution in [2.45, 2.75) is 52.1 Å². The molecule has 0 fully saturated rings. The van der Waals surface area contributed by atoms with Gasteiger partial charge in [-0.2, -0.15) is 0 Å². The van der Waals surface area contributed by atoms with Gasteiger partial charge in [-0.05, 0) is 79.0 Å². The number of hydrogen-bond acceptors (Lipinski definition) is 6. The number of hydrogen-bond donors (Lipinski definition) is 0. The molecule has 0 radical (unpaired) electrons. The molecule has 1 aliphatic carbocycles. The summed E-state index contributed by atoms with van der Waals surface area (Å²) in [4.78, 5) is 29.3. The van der Waals surface area contributed by atoms with Crippen LogP contribution in [0.25, 0.3) is 21.7 Å². The molecule has 1 aliphatic rings. The van der Waals surface area contributed by atoms with Gasteiger partial charge >= 0.3 is 0 Å². The van der Waals surface area contributed by atoms with Crippen molar-refractivity contribution in [2.75, 3.05) is 5.75 Å². The molecule has 0 aliphatic heterocycles. The van der Waals surface area contributed by atoms with Crippen molar-refractivity contribution in [3.63, 3.8) is 0 Å². The Hall–Kier alpha value is -2.94. The van der Waals surface area contributed by atoms with Crippen molar-refractivity contribution >= 4 is 56.5 Å². The first-order chi connectivity index (χ1) is 18.6. The third kappa shape index (κ3) is 4.62. The fourth-order valence-corrected chi connectivity index (χ4v) is 7.88. The van der Waals surface area contributed by atoms with E-state index in [1.54, 1.807) is 40.2 Å². The van der Waals surface area contributed by atoms with Crippen LogP contribution in [-0.2, 0) is 12.8 Å². The molecule has 200 valence electrons. The Labute approximate surface area is 240 Å². The molecule has 0 amide bonds. The van der Waals surface area contributed by atoms with Crippen molar-refractivity contribution in [2.24, 2.45) is 11.3 Å². The first kappa shape index (κ1) is 26.3. The molecular weight excluding hydrogens is 548 g/mol. The van der Waals surface area contributed by atoms with Gasteiger partial charge in [-0.1, -0.05) is 62.3 Å². The molecule has 2 aromatic carbocycles. The lowest BCUT2D eigenvalue weighted by molar-refractivity contribution is 0.102. The SMILES string of the molecule is Cc1ccccc1-n1c(=O)c2c3c(sc2n2c(SCC(=O)c4ccc(Cl)cc4)nnc12)C[C@@H](C(C)(C)C)CC3. The number of thioether (sulfide) groups is 1. The molecule has 6 nitrogen and oxygen atoms in total. The molecule has 0 N–H and O–H groups in total. The summed E-state index contributed by atoms with van der Waals surface area (Å²) in [7, 11) is 0. The molecule has 6 rings (SSSR count). The number of aryl methyl sites for hydroxylation is 2. The topological polar surface area (TPSA) is 69.3 Å². The molecule has 0 spiro atoms. The molecule has 9 heteroatoms. The zero-order valence-corrected chi connectivity index (χ0v) is 24.7. The summed E-state index contributed by atoms with van der Waals surface area (Å²) in [5.41, 5.74) is 3.67. The Bertz CT molecular complexity index is 1790. The van der Waals surface area contributed by atoms with E-state index < -0.39 is 0 Å². The minimum Gasteiger partial charge on any atom is -0.293 e. The van der Waals surface area contributed by atoms with Gasteiger partial charge in [0.2, 0.25) is 5.78 Å². The van der Waals surface area contributed by atoms with Crippen molar-refractivity contribution in [3.8, 4) is 5.69 Å². The van der Waals surface area contributed by atoms with E-state index in [-0.39, 0.29) is 22.5 Å². The van der Waals surface area contributed by atoms with E-state index >= 15 is 0 Å². The van der Waals surface area contributed by atoms with Gasteiger partial charge in [0.1, 0.15) is 4.83 Å². The number of thiophene rings is 1. The van der Waals surface area contributed by atoms with Crippen molar-refractivity contribution in [1.29, 1.82) is 0 Å². The molecule has 0 unspecified atom stereocenters. The van der Waals surface area contributed by atoms with Crippen molar-refractivity contribution in [1.82, 2.24) is 19.2 Å². The second-order valence-electron chi connectivity index (χ2n) is 11.3. The molecule has 5 aromatic rings. The third-order valence-electron chi connectivity index (χ3n) is 7.76. The van der Waals surface area contributed by atoms with Gasteiger partial charge in [0.15, 0.2) is 10.9 Å². The maximum absolute atomic E-state index is 14.2. The summed E-state index contributed by atoms with van der Waals surface area (Å²) < 4.78 is 3.68. The van der Waals surface area contributed by atoms with Crippen LogP contribution in [-0.4, -0.2) is 30.7 Å². The van der Waals surface area contributed by atoms with Crippen LogP contribution in [0.2, 0.25) is 5.02 Å². The normalized spacial score (nSPS) is 15.7.